The molecule has 1 heterocycles. The minimum atomic E-state index is 0.591. The summed E-state index contributed by atoms with van der Waals surface area (Å²) in [5, 5.41) is 4.41. The molecular weight excluding hydrogens is 296 g/mol. The first-order valence-electron chi connectivity index (χ1n) is 6.10. The molecule has 0 bridgehead atoms. The Hall–Kier alpha value is -0.220. The molecule has 4 heteroatoms. The van der Waals surface area contributed by atoms with Crippen molar-refractivity contribution in [3.63, 3.8) is 0 Å². The number of anilines is 1. The number of aryl methyl sites for hydroxylation is 1. The predicted octanol–water partition coefficient (Wildman–Crippen LogP) is 4.24. The molecule has 0 spiro atoms. The van der Waals surface area contributed by atoms with Crippen molar-refractivity contribution >= 4 is 33.5 Å². The molecule has 1 aromatic heterocycles. The molecule has 2 rings (SSSR count). The van der Waals surface area contributed by atoms with Crippen LogP contribution in [0.15, 0.2) is 16.7 Å². The summed E-state index contributed by atoms with van der Waals surface area (Å²) in [4.78, 5) is 4.46. The summed E-state index contributed by atoms with van der Waals surface area (Å²) in [6.45, 7) is 2.11. The van der Waals surface area contributed by atoms with Gasteiger partial charge in [0.1, 0.15) is 5.82 Å². The van der Waals surface area contributed by atoms with Gasteiger partial charge in [0.05, 0.1) is 0 Å². The summed E-state index contributed by atoms with van der Waals surface area (Å²) in [6, 6.07) is 2.71. The lowest BCUT2D eigenvalue weighted by atomic mass is 9.95. The van der Waals surface area contributed by atoms with Crippen molar-refractivity contribution in [3.05, 3.63) is 22.3 Å². The maximum absolute atomic E-state index is 4.46. The van der Waals surface area contributed by atoms with Gasteiger partial charge in [-0.3, -0.25) is 0 Å². The van der Waals surface area contributed by atoms with Crippen LogP contribution in [0.1, 0.15) is 31.2 Å². The zero-order valence-corrected chi connectivity index (χ0v) is 12.8. The van der Waals surface area contributed by atoms with Gasteiger partial charge in [-0.2, -0.15) is 11.8 Å². The van der Waals surface area contributed by atoms with Gasteiger partial charge < -0.3 is 5.32 Å². The lowest BCUT2D eigenvalue weighted by molar-refractivity contribution is 0.472. The molecule has 0 saturated heterocycles. The van der Waals surface area contributed by atoms with E-state index in [4.69, 9.17) is 0 Å². The molecule has 1 saturated carbocycles. The fourth-order valence-electron chi connectivity index (χ4n) is 2.38. The zero-order chi connectivity index (χ0) is 12.3. The van der Waals surface area contributed by atoms with E-state index in [2.05, 4.69) is 45.5 Å². The second-order valence-electron chi connectivity index (χ2n) is 4.68. The molecule has 0 radical (unpaired) electrons. The number of hydrogen-bond acceptors (Lipinski definition) is 3. The monoisotopic (exact) mass is 314 g/mol. The number of rotatable bonds is 3. The maximum atomic E-state index is 4.46. The SMILES string of the molecule is CSC1CCCC(Nc2ncc(Br)cc2C)C1. The third-order valence-corrected chi connectivity index (χ3v) is 4.87. The van der Waals surface area contributed by atoms with Crippen LogP contribution < -0.4 is 5.32 Å². The van der Waals surface area contributed by atoms with E-state index >= 15 is 0 Å². The number of nitrogens with zero attached hydrogens (tertiary/aromatic N) is 1. The normalized spacial score (nSPS) is 24.6. The van der Waals surface area contributed by atoms with Crippen LogP contribution in [-0.4, -0.2) is 22.5 Å². The first-order chi connectivity index (χ1) is 8.19. The summed E-state index contributed by atoms with van der Waals surface area (Å²) in [5.74, 6) is 1.04. The first-order valence-corrected chi connectivity index (χ1v) is 8.18. The van der Waals surface area contributed by atoms with E-state index in [0.29, 0.717) is 6.04 Å². The molecule has 94 valence electrons. The van der Waals surface area contributed by atoms with Crippen LogP contribution in [0, 0.1) is 6.92 Å². The van der Waals surface area contributed by atoms with Gasteiger partial charge in [0.15, 0.2) is 0 Å². The number of aromatic nitrogens is 1. The van der Waals surface area contributed by atoms with Crippen molar-refractivity contribution < 1.29 is 0 Å². The molecule has 17 heavy (non-hydrogen) atoms. The van der Waals surface area contributed by atoms with Gasteiger partial charge in [0.25, 0.3) is 0 Å². The lowest BCUT2D eigenvalue weighted by Crippen LogP contribution is -2.29. The maximum Gasteiger partial charge on any atom is 0.129 e. The average Bonchev–Trinajstić information content (AvgIpc) is 2.33. The molecule has 1 fully saturated rings. The number of pyridine rings is 1. The summed E-state index contributed by atoms with van der Waals surface area (Å²) >= 11 is 5.45. The summed E-state index contributed by atoms with van der Waals surface area (Å²) < 4.78 is 1.05. The number of nitrogens with one attached hydrogen (secondary N) is 1. The first kappa shape index (κ1) is 13.2. The number of halogens is 1. The van der Waals surface area contributed by atoms with Crippen molar-refractivity contribution in [3.8, 4) is 0 Å². The van der Waals surface area contributed by atoms with E-state index < -0.39 is 0 Å². The third-order valence-electron chi connectivity index (χ3n) is 3.35. The highest BCUT2D eigenvalue weighted by molar-refractivity contribution is 9.10. The van der Waals surface area contributed by atoms with Crippen LogP contribution in [0.25, 0.3) is 0 Å². The van der Waals surface area contributed by atoms with E-state index in [1.165, 1.54) is 31.2 Å². The minimum absolute atomic E-state index is 0.591. The summed E-state index contributed by atoms with van der Waals surface area (Å²) in [7, 11) is 0. The minimum Gasteiger partial charge on any atom is -0.367 e. The van der Waals surface area contributed by atoms with Gasteiger partial charge in [-0.1, -0.05) is 6.42 Å². The molecule has 0 aromatic carbocycles. The Morgan fingerprint density at radius 1 is 1.47 bits per heavy atom. The lowest BCUT2D eigenvalue weighted by Gasteiger charge is -2.29. The van der Waals surface area contributed by atoms with E-state index in [1.807, 2.05) is 18.0 Å². The predicted molar refractivity (Wildman–Crippen MR) is 79.9 cm³/mol. The van der Waals surface area contributed by atoms with Crippen LogP contribution in [0.4, 0.5) is 5.82 Å². The molecule has 1 aromatic rings. The molecule has 2 unspecified atom stereocenters. The van der Waals surface area contributed by atoms with E-state index in [9.17, 15) is 0 Å². The molecule has 1 aliphatic carbocycles. The highest BCUT2D eigenvalue weighted by atomic mass is 79.9. The fraction of sp³-hybridized carbons (Fsp3) is 0.615. The van der Waals surface area contributed by atoms with Gasteiger partial charge in [0.2, 0.25) is 0 Å². The van der Waals surface area contributed by atoms with E-state index in [0.717, 1.165) is 15.5 Å². The van der Waals surface area contributed by atoms with Crippen LogP contribution in [0.2, 0.25) is 0 Å². The highest BCUT2D eigenvalue weighted by Crippen LogP contribution is 2.29. The Labute approximate surface area is 116 Å². The Bertz CT molecular complexity index is 384. The van der Waals surface area contributed by atoms with Crippen LogP contribution in [0.3, 0.4) is 0 Å². The van der Waals surface area contributed by atoms with Crippen LogP contribution in [0.5, 0.6) is 0 Å². The van der Waals surface area contributed by atoms with Gasteiger partial charge >= 0.3 is 0 Å². The zero-order valence-electron chi connectivity index (χ0n) is 10.4. The highest BCUT2D eigenvalue weighted by Gasteiger charge is 2.21. The van der Waals surface area contributed by atoms with Crippen molar-refractivity contribution in [2.75, 3.05) is 11.6 Å². The Balaban J connectivity index is 2.00. The Kier molecular flexibility index (Phi) is 4.74. The van der Waals surface area contributed by atoms with Crippen molar-refractivity contribution in [1.82, 2.24) is 4.98 Å². The number of thioether (sulfide) groups is 1. The second kappa shape index (κ2) is 6.10. The smallest absolute Gasteiger partial charge is 0.129 e. The molecule has 2 nitrogen and oxygen atoms in total. The van der Waals surface area contributed by atoms with E-state index in [-0.39, 0.29) is 0 Å². The third kappa shape index (κ3) is 3.62. The molecule has 1 aliphatic rings. The molecule has 1 N–H and O–H groups in total. The fourth-order valence-corrected chi connectivity index (χ4v) is 3.65. The van der Waals surface area contributed by atoms with Gasteiger partial charge in [0, 0.05) is 22.0 Å². The van der Waals surface area contributed by atoms with Gasteiger partial charge in [-0.15, -0.1) is 0 Å². The largest absolute Gasteiger partial charge is 0.367 e. The van der Waals surface area contributed by atoms with Crippen molar-refractivity contribution in [2.24, 2.45) is 0 Å². The van der Waals surface area contributed by atoms with Crippen molar-refractivity contribution in [2.45, 2.75) is 43.9 Å². The average molecular weight is 315 g/mol. The second-order valence-corrected chi connectivity index (χ2v) is 6.74. The summed E-state index contributed by atoms with van der Waals surface area (Å²) in [5.41, 5.74) is 1.21. The molecular formula is C13H19BrN2S. The van der Waals surface area contributed by atoms with Gasteiger partial charge in [-0.05, 0) is 60.0 Å². The summed E-state index contributed by atoms with van der Waals surface area (Å²) in [6.07, 6.45) is 9.32. The quantitative estimate of drug-likeness (QED) is 0.903. The van der Waals surface area contributed by atoms with Crippen LogP contribution >= 0.6 is 27.7 Å². The Morgan fingerprint density at radius 2 is 2.29 bits per heavy atom. The molecule has 0 aliphatic heterocycles. The van der Waals surface area contributed by atoms with Gasteiger partial charge in [-0.25, -0.2) is 4.98 Å². The topological polar surface area (TPSA) is 24.9 Å². The molecule has 2 atom stereocenters. The number of hydrogen-bond donors (Lipinski definition) is 1. The van der Waals surface area contributed by atoms with Crippen molar-refractivity contribution in [1.29, 1.82) is 0 Å². The Morgan fingerprint density at radius 3 is 3.00 bits per heavy atom. The van der Waals surface area contributed by atoms with Crippen LogP contribution in [-0.2, 0) is 0 Å². The standard InChI is InChI=1S/C13H19BrN2S/c1-9-6-10(14)8-15-13(9)16-11-4-3-5-12(7-11)17-2/h6,8,11-12H,3-5,7H2,1-2H3,(H,15,16). The molecule has 0 amide bonds. The van der Waals surface area contributed by atoms with E-state index in [1.54, 1.807) is 0 Å².